The molecule has 0 aliphatic heterocycles. The Hall–Kier alpha value is -1.46. The Morgan fingerprint density at radius 2 is 2.07 bits per heavy atom. The number of aryl methyl sites for hydroxylation is 1. The fraction of sp³-hybridized carbons (Fsp3) is 0.600. The summed E-state index contributed by atoms with van der Waals surface area (Å²) in [5.41, 5.74) is 6.07. The van der Waals surface area contributed by atoms with Crippen LogP contribution in [-0.2, 0) is 9.59 Å². The normalized spacial score (nSPS) is 15.4. The molecule has 1 amide bonds. The van der Waals surface area contributed by atoms with Crippen LogP contribution in [0.25, 0.3) is 0 Å². The second-order valence-corrected chi connectivity index (χ2v) is 8.04. The number of Topliss-reactive ketones (excluding diaryl/α,β-unsaturated/α-hetero) is 1. The molecule has 2 unspecified atom stereocenters. The van der Waals surface area contributed by atoms with Crippen molar-refractivity contribution in [3.8, 4) is 5.75 Å². The summed E-state index contributed by atoms with van der Waals surface area (Å²) < 4.78 is 19.8. The SMILES string of the molecule is [B]c1c(P)cc(C)c(F)c1OCC(=O)C(CCCCN)NC(=O)C1CCCC1. The lowest BCUT2D eigenvalue weighted by atomic mass is 9.93. The molecule has 3 N–H and O–H groups in total. The Labute approximate surface area is 170 Å². The molecule has 2 atom stereocenters. The highest BCUT2D eigenvalue weighted by Crippen LogP contribution is 2.25. The minimum atomic E-state index is -0.663. The van der Waals surface area contributed by atoms with E-state index in [0.29, 0.717) is 30.3 Å². The molecule has 2 rings (SSSR count). The van der Waals surface area contributed by atoms with Gasteiger partial charge in [-0.05, 0) is 68.0 Å². The van der Waals surface area contributed by atoms with Crippen LogP contribution in [-0.4, -0.2) is 38.7 Å². The van der Waals surface area contributed by atoms with Gasteiger partial charge in [0.05, 0.1) is 6.04 Å². The summed E-state index contributed by atoms with van der Waals surface area (Å²) in [5.74, 6) is -1.12. The lowest BCUT2D eigenvalue weighted by Crippen LogP contribution is -2.45. The predicted molar refractivity (Wildman–Crippen MR) is 113 cm³/mol. The fourth-order valence-corrected chi connectivity index (χ4v) is 3.85. The molecule has 1 aromatic carbocycles. The van der Waals surface area contributed by atoms with Crippen molar-refractivity contribution in [1.82, 2.24) is 5.32 Å². The molecule has 1 saturated carbocycles. The number of nitrogens with one attached hydrogen (secondary N) is 1. The van der Waals surface area contributed by atoms with Crippen molar-refractivity contribution in [2.45, 2.75) is 57.9 Å². The molecule has 0 aromatic heterocycles. The van der Waals surface area contributed by atoms with Gasteiger partial charge in [-0.1, -0.05) is 12.8 Å². The van der Waals surface area contributed by atoms with Crippen LogP contribution in [0.3, 0.4) is 0 Å². The first-order chi connectivity index (χ1) is 13.3. The molecular weight excluding hydrogens is 377 g/mol. The predicted octanol–water partition coefficient (Wildman–Crippen LogP) is 1.18. The van der Waals surface area contributed by atoms with Gasteiger partial charge in [-0.25, -0.2) is 4.39 Å². The monoisotopic (exact) mass is 406 g/mol. The second-order valence-electron chi connectivity index (χ2n) is 7.42. The Kier molecular flexibility index (Phi) is 8.90. The molecule has 1 aliphatic carbocycles. The van der Waals surface area contributed by atoms with Gasteiger partial charge in [0.15, 0.2) is 11.6 Å². The number of amides is 1. The number of hydrogen-bond donors (Lipinski definition) is 2. The smallest absolute Gasteiger partial charge is 0.223 e. The van der Waals surface area contributed by atoms with Crippen molar-refractivity contribution < 1.29 is 18.7 Å². The number of unbranched alkanes of at least 4 members (excludes halogenated alkanes) is 1. The standard InChI is InChI=1S/C20H29BFN2O3P/c1-12-10-16(28)17(21)19(18(12)22)27-11-15(25)14(8-4-5-9-23)24-20(26)13-6-2-3-7-13/h10,13-14H,2-9,11,23,28H2,1H3,(H,24,26). The van der Waals surface area contributed by atoms with Gasteiger partial charge >= 0.3 is 0 Å². The van der Waals surface area contributed by atoms with E-state index in [4.69, 9.17) is 18.3 Å². The quantitative estimate of drug-likeness (QED) is 0.348. The molecule has 2 radical (unpaired) electrons. The summed E-state index contributed by atoms with van der Waals surface area (Å²) in [6, 6.07) is 0.936. The lowest BCUT2D eigenvalue weighted by Gasteiger charge is -2.21. The molecule has 5 nitrogen and oxygen atoms in total. The van der Waals surface area contributed by atoms with E-state index in [1.165, 1.54) is 0 Å². The maximum Gasteiger partial charge on any atom is 0.223 e. The Bertz CT molecular complexity index is 685. The van der Waals surface area contributed by atoms with Crippen LogP contribution >= 0.6 is 9.24 Å². The first-order valence-electron chi connectivity index (χ1n) is 9.85. The van der Waals surface area contributed by atoms with E-state index in [9.17, 15) is 14.0 Å². The van der Waals surface area contributed by atoms with Gasteiger partial charge in [0.25, 0.3) is 0 Å². The van der Waals surface area contributed by atoms with Gasteiger partial charge in [0, 0.05) is 5.92 Å². The Morgan fingerprint density at radius 3 is 2.71 bits per heavy atom. The molecule has 0 spiro atoms. The molecule has 152 valence electrons. The molecule has 1 aliphatic rings. The average Bonchev–Trinajstić information content (AvgIpc) is 3.20. The molecule has 28 heavy (non-hydrogen) atoms. The van der Waals surface area contributed by atoms with Gasteiger partial charge in [-0.2, -0.15) is 0 Å². The van der Waals surface area contributed by atoms with Crippen LogP contribution in [0.15, 0.2) is 6.07 Å². The molecule has 0 bridgehead atoms. The third-order valence-electron chi connectivity index (χ3n) is 5.21. The van der Waals surface area contributed by atoms with Crippen LogP contribution < -0.4 is 26.6 Å². The molecular formula is C20H29BFN2O3P. The summed E-state index contributed by atoms with van der Waals surface area (Å²) in [7, 11) is 8.32. The van der Waals surface area contributed by atoms with Crippen molar-refractivity contribution in [3.05, 3.63) is 17.4 Å². The van der Waals surface area contributed by atoms with Crippen LogP contribution in [0, 0.1) is 18.7 Å². The summed E-state index contributed by atoms with van der Waals surface area (Å²) in [4.78, 5) is 25.2. The average molecular weight is 406 g/mol. The maximum atomic E-state index is 14.3. The van der Waals surface area contributed by atoms with Gasteiger partial charge in [-0.15, -0.1) is 9.24 Å². The number of carbonyl (C=O) groups excluding carboxylic acids is 2. The van der Waals surface area contributed by atoms with E-state index >= 15 is 0 Å². The van der Waals surface area contributed by atoms with E-state index in [0.717, 1.165) is 32.1 Å². The largest absolute Gasteiger partial charge is 0.483 e. The lowest BCUT2D eigenvalue weighted by molar-refractivity contribution is -0.131. The zero-order chi connectivity index (χ0) is 20.7. The van der Waals surface area contributed by atoms with Gasteiger partial charge in [0.2, 0.25) is 5.91 Å². The number of benzene rings is 1. The minimum absolute atomic E-state index is 0.0322. The number of ether oxygens (including phenoxy) is 1. The number of hydrogen-bond acceptors (Lipinski definition) is 4. The zero-order valence-corrected chi connectivity index (χ0v) is 17.6. The van der Waals surface area contributed by atoms with Crippen molar-refractivity contribution in [3.63, 3.8) is 0 Å². The van der Waals surface area contributed by atoms with E-state index in [1.807, 2.05) is 0 Å². The highest BCUT2D eigenvalue weighted by molar-refractivity contribution is 7.28. The van der Waals surface area contributed by atoms with Crippen LogP contribution in [0.4, 0.5) is 4.39 Å². The van der Waals surface area contributed by atoms with Crippen LogP contribution in [0.2, 0.25) is 0 Å². The molecule has 1 fully saturated rings. The van der Waals surface area contributed by atoms with Gasteiger partial charge in [-0.3, -0.25) is 9.59 Å². The highest BCUT2D eigenvalue weighted by Gasteiger charge is 2.28. The molecule has 8 heteroatoms. The van der Waals surface area contributed by atoms with E-state index in [-0.39, 0.29) is 35.4 Å². The third kappa shape index (κ3) is 6.02. The summed E-state index contributed by atoms with van der Waals surface area (Å²) >= 11 is 0. The van der Waals surface area contributed by atoms with Crippen molar-refractivity contribution in [2.75, 3.05) is 13.2 Å². The molecule has 0 heterocycles. The van der Waals surface area contributed by atoms with Crippen molar-refractivity contribution in [1.29, 1.82) is 0 Å². The number of ketones is 1. The fourth-order valence-electron chi connectivity index (χ4n) is 3.47. The third-order valence-corrected chi connectivity index (χ3v) is 5.69. The van der Waals surface area contributed by atoms with Crippen molar-refractivity contribution >= 4 is 39.5 Å². The molecule has 1 aromatic rings. The van der Waals surface area contributed by atoms with Crippen LogP contribution in [0.5, 0.6) is 5.75 Å². The minimum Gasteiger partial charge on any atom is -0.483 e. The first kappa shape index (κ1) is 22.8. The van der Waals surface area contributed by atoms with Crippen LogP contribution in [0.1, 0.15) is 50.5 Å². The van der Waals surface area contributed by atoms with E-state index in [1.54, 1.807) is 13.0 Å². The summed E-state index contributed by atoms with van der Waals surface area (Å²) in [5, 5.41) is 3.47. The zero-order valence-electron chi connectivity index (χ0n) is 16.4. The van der Waals surface area contributed by atoms with E-state index < -0.39 is 11.9 Å². The summed E-state index contributed by atoms with van der Waals surface area (Å²) in [6.45, 7) is 1.78. The Balaban J connectivity index is 2.04. The van der Waals surface area contributed by atoms with Gasteiger partial charge < -0.3 is 15.8 Å². The topological polar surface area (TPSA) is 81.4 Å². The second kappa shape index (κ2) is 10.9. The number of halogens is 1. The summed E-state index contributed by atoms with van der Waals surface area (Å²) in [6.07, 6.45) is 5.75. The first-order valence-corrected chi connectivity index (χ1v) is 10.4. The van der Waals surface area contributed by atoms with E-state index in [2.05, 4.69) is 14.6 Å². The van der Waals surface area contributed by atoms with Gasteiger partial charge in [0.1, 0.15) is 20.2 Å². The molecule has 0 saturated heterocycles. The number of rotatable bonds is 10. The number of carbonyl (C=O) groups is 2. The number of nitrogens with two attached hydrogens (primary N) is 1. The van der Waals surface area contributed by atoms with Crippen molar-refractivity contribution in [2.24, 2.45) is 11.7 Å². The highest BCUT2D eigenvalue weighted by atomic mass is 31.0. The maximum absolute atomic E-state index is 14.3. The Morgan fingerprint density at radius 1 is 1.39 bits per heavy atom.